The van der Waals surface area contributed by atoms with Gasteiger partial charge in [0.2, 0.25) is 5.28 Å². The Morgan fingerprint density at radius 2 is 2.00 bits per heavy atom. The van der Waals surface area contributed by atoms with Crippen LogP contribution in [-0.4, -0.2) is 9.97 Å². The van der Waals surface area contributed by atoms with Gasteiger partial charge in [-0.25, -0.2) is 18.7 Å². The van der Waals surface area contributed by atoms with Crippen LogP contribution in [0.15, 0.2) is 34.9 Å². The van der Waals surface area contributed by atoms with Gasteiger partial charge >= 0.3 is 0 Å². The fraction of sp³-hybridized carbons (Fsp3) is 0. The Kier molecular flexibility index (Phi) is 2.48. The van der Waals surface area contributed by atoms with E-state index in [9.17, 15) is 8.78 Å². The summed E-state index contributed by atoms with van der Waals surface area (Å²) in [6.07, 6.45) is 0.939. The van der Waals surface area contributed by atoms with Crippen molar-refractivity contribution in [3.8, 4) is 11.5 Å². The Morgan fingerprint density at radius 1 is 1.17 bits per heavy atom. The van der Waals surface area contributed by atoms with Crippen molar-refractivity contribution >= 4 is 22.6 Å². The smallest absolute Gasteiger partial charge is 0.223 e. The number of nitrogens with zero attached hydrogens (tertiary/aromatic N) is 2. The number of aromatic nitrogens is 2. The first kappa shape index (κ1) is 11.1. The molecule has 3 rings (SSSR count). The third-order valence-electron chi connectivity index (χ3n) is 2.44. The zero-order valence-corrected chi connectivity index (χ0v) is 9.58. The molecule has 0 atom stereocenters. The largest absolute Gasteiger partial charge is 0.451 e. The first-order valence-corrected chi connectivity index (χ1v) is 5.39. The summed E-state index contributed by atoms with van der Waals surface area (Å²) >= 11 is 5.59. The summed E-state index contributed by atoms with van der Waals surface area (Å²) < 4.78 is 32.3. The zero-order chi connectivity index (χ0) is 12.7. The van der Waals surface area contributed by atoms with E-state index in [0.717, 1.165) is 6.20 Å². The highest BCUT2D eigenvalue weighted by atomic mass is 35.5. The molecule has 0 amide bonds. The lowest BCUT2D eigenvalue weighted by Gasteiger charge is -1.97. The van der Waals surface area contributed by atoms with Gasteiger partial charge in [0.05, 0.1) is 6.20 Å². The Balaban J connectivity index is 2.26. The highest BCUT2D eigenvalue weighted by Crippen LogP contribution is 2.29. The van der Waals surface area contributed by atoms with Crippen molar-refractivity contribution in [1.82, 2.24) is 9.97 Å². The molecule has 0 spiro atoms. The first-order valence-electron chi connectivity index (χ1n) is 5.01. The number of fused-ring (bicyclic) bond motifs is 1. The summed E-state index contributed by atoms with van der Waals surface area (Å²) in [6.45, 7) is 0. The van der Waals surface area contributed by atoms with Crippen LogP contribution in [0.5, 0.6) is 0 Å². The Bertz CT molecular complexity index is 742. The number of halogens is 3. The zero-order valence-electron chi connectivity index (χ0n) is 8.82. The molecule has 6 heteroatoms. The Morgan fingerprint density at radius 3 is 2.78 bits per heavy atom. The van der Waals surface area contributed by atoms with Crippen LogP contribution in [0.25, 0.3) is 22.4 Å². The van der Waals surface area contributed by atoms with Crippen molar-refractivity contribution in [3.63, 3.8) is 0 Å². The van der Waals surface area contributed by atoms with E-state index in [1.165, 1.54) is 12.1 Å². The summed E-state index contributed by atoms with van der Waals surface area (Å²) in [5.74, 6) is -1.09. The lowest BCUT2D eigenvalue weighted by molar-refractivity contribution is 0.558. The van der Waals surface area contributed by atoms with E-state index >= 15 is 0 Å². The van der Waals surface area contributed by atoms with E-state index < -0.39 is 11.6 Å². The van der Waals surface area contributed by atoms with Gasteiger partial charge in [-0.05, 0) is 23.7 Å². The average Bonchev–Trinajstić information content (AvgIpc) is 2.77. The van der Waals surface area contributed by atoms with Crippen molar-refractivity contribution in [2.24, 2.45) is 0 Å². The van der Waals surface area contributed by atoms with E-state index in [0.29, 0.717) is 5.39 Å². The molecule has 0 fully saturated rings. The van der Waals surface area contributed by atoms with Gasteiger partial charge in [-0.2, -0.15) is 0 Å². The van der Waals surface area contributed by atoms with Gasteiger partial charge in [0.15, 0.2) is 23.0 Å². The van der Waals surface area contributed by atoms with Crippen molar-refractivity contribution in [2.45, 2.75) is 0 Å². The standard InChI is InChI=1S/C12H5ClF2N2O/c13-12-16-5-8(15)10(17-12)9-4-6-2-1-3-7(14)11(6)18-9/h1-5H. The summed E-state index contributed by atoms with van der Waals surface area (Å²) in [6, 6.07) is 5.96. The highest BCUT2D eigenvalue weighted by Gasteiger charge is 2.15. The highest BCUT2D eigenvalue weighted by molar-refractivity contribution is 6.28. The van der Waals surface area contributed by atoms with Gasteiger partial charge in [-0.1, -0.05) is 12.1 Å². The van der Waals surface area contributed by atoms with Crippen molar-refractivity contribution < 1.29 is 13.2 Å². The predicted molar refractivity (Wildman–Crippen MR) is 62.2 cm³/mol. The monoisotopic (exact) mass is 266 g/mol. The normalized spacial score (nSPS) is 11.1. The minimum atomic E-state index is -0.682. The molecule has 18 heavy (non-hydrogen) atoms. The lowest BCUT2D eigenvalue weighted by Crippen LogP contribution is -1.90. The van der Waals surface area contributed by atoms with Crippen molar-refractivity contribution in [3.05, 3.63) is 47.4 Å². The topological polar surface area (TPSA) is 38.9 Å². The SMILES string of the molecule is Fc1cnc(Cl)nc1-c1cc2cccc(F)c2o1. The molecule has 3 aromatic rings. The maximum Gasteiger partial charge on any atom is 0.223 e. The van der Waals surface area contributed by atoms with Crippen LogP contribution in [0.2, 0.25) is 5.28 Å². The maximum absolute atomic E-state index is 13.5. The van der Waals surface area contributed by atoms with E-state index in [1.807, 2.05) is 0 Å². The Hall–Kier alpha value is -2.01. The number of hydrogen-bond donors (Lipinski definition) is 0. The fourth-order valence-corrected chi connectivity index (χ4v) is 1.80. The van der Waals surface area contributed by atoms with E-state index in [4.69, 9.17) is 16.0 Å². The van der Waals surface area contributed by atoms with Crippen molar-refractivity contribution in [2.75, 3.05) is 0 Å². The number of hydrogen-bond acceptors (Lipinski definition) is 3. The number of para-hydroxylation sites is 1. The van der Waals surface area contributed by atoms with Crippen LogP contribution in [0.1, 0.15) is 0 Å². The molecule has 2 aromatic heterocycles. The number of benzene rings is 1. The third-order valence-corrected chi connectivity index (χ3v) is 2.63. The van der Waals surface area contributed by atoms with Crippen LogP contribution >= 0.6 is 11.6 Å². The quantitative estimate of drug-likeness (QED) is 0.629. The van der Waals surface area contributed by atoms with E-state index in [2.05, 4.69) is 9.97 Å². The van der Waals surface area contributed by atoms with Crippen LogP contribution in [0.4, 0.5) is 8.78 Å². The van der Waals surface area contributed by atoms with Gasteiger partial charge in [0.1, 0.15) is 5.69 Å². The van der Waals surface area contributed by atoms with Gasteiger partial charge in [-0.15, -0.1) is 0 Å². The third kappa shape index (κ3) is 1.73. The first-order chi connectivity index (χ1) is 8.65. The molecule has 0 radical (unpaired) electrons. The Labute approximate surface area is 105 Å². The van der Waals surface area contributed by atoms with Crippen LogP contribution in [0, 0.1) is 11.6 Å². The minimum Gasteiger partial charge on any atom is -0.451 e. The molecule has 0 saturated heterocycles. The second kappa shape index (κ2) is 4.03. The van der Waals surface area contributed by atoms with E-state index in [1.54, 1.807) is 12.1 Å². The van der Waals surface area contributed by atoms with Gasteiger partial charge in [0, 0.05) is 5.39 Å². The predicted octanol–water partition coefficient (Wildman–Crippen LogP) is 3.82. The molecule has 0 aliphatic rings. The molecular weight excluding hydrogens is 262 g/mol. The molecule has 0 bridgehead atoms. The molecule has 2 heterocycles. The molecule has 90 valence electrons. The fourth-order valence-electron chi connectivity index (χ4n) is 1.66. The molecular formula is C12H5ClF2N2O. The average molecular weight is 267 g/mol. The van der Waals surface area contributed by atoms with Crippen LogP contribution in [-0.2, 0) is 0 Å². The number of rotatable bonds is 1. The summed E-state index contributed by atoms with van der Waals surface area (Å²) in [7, 11) is 0. The number of furan rings is 1. The summed E-state index contributed by atoms with van der Waals surface area (Å²) in [5.41, 5.74) is -0.0350. The van der Waals surface area contributed by atoms with Gasteiger partial charge in [0.25, 0.3) is 0 Å². The molecule has 0 N–H and O–H groups in total. The molecule has 3 nitrogen and oxygen atoms in total. The van der Waals surface area contributed by atoms with E-state index in [-0.39, 0.29) is 22.3 Å². The van der Waals surface area contributed by atoms with Crippen LogP contribution in [0.3, 0.4) is 0 Å². The molecule has 0 saturated carbocycles. The van der Waals surface area contributed by atoms with Gasteiger partial charge in [-0.3, -0.25) is 0 Å². The molecule has 0 aliphatic carbocycles. The van der Waals surface area contributed by atoms with Crippen LogP contribution < -0.4 is 0 Å². The molecule has 0 unspecified atom stereocenters. The summed E-state index contributed by atoms with van der Waals surface area (Å²) in [4.78, 5) is 7.23. The van der Waals surface area contributed by atoms with Crippen molar-refractivity contribution in [1.29, 1.82) is 0 Å². The molecule has 1 aromatic carbocycles. The minimum absolute atomic E-state index is 0.0571. The maximum atomic E-state index is 13.5. The second-order valence-electron chi connectivity index (χ2n) is 3.60. The second-order valence-corrected chi connectivity index (χ2v) is 3.94. The summed E-state index contributed by atoms with van der Waals surface area (Å²) in [5, 5.41) is 0.423. The molecule has 0 aliphatic heterocycles. The van der Waals surface area contributed by atoms with Gasteiger partial charge < -0.3 is 4.42 Å². The lowest BCUT2D eigenvalue weighted by atomic mass is 10.2.